The third kappa shape index (κ3) is 4.20. The van der Waals surface area contributed by atoms with Gasteiger partial charge in [0, 0.05) is 33.2 Å². The second-order valence-electron chi connectivity index (χ2n) is 4.22. The minimum Gasteiger partial charge on any atom is -0.355 e. The van der Waals surface area contributed by atoms with Gasteiger partial charge in [0.25, 0.3) is 10.2 Å². The van der Waals surface area contributed by atoms with E-state index in [-0.39, 0.29) is 12.5 Å². The van der Waals surface area contributed by atoms with Crippen molar-refractivity contribution in [2.45, 2.75) is 13.3 Å². The normalized spacial score (nSPS) is 18.6. The van der Waals surface area contributed by atoms with Gasteiger partial charge in [-0.2, -0.15) is 17.0 Å². The summed E-state index contributed by atoms with van der Waals surface area (Å²) in [5.41, 5.74) is 0. The minimum atomic E-state index is -3.53. The van der Waals surface area contributed by atoms with Crippen LogP contribution in [0.1, 0.15) is 13.3 Å². The van der Waals surface area contributed by atoms with Crippen LogP contribution in [0.5, 0.6) is 0 Å². The fourth-order valence-corrected chi connectivity index (χ4v) is 3.14. The van der Waals surface area contributed by atoms with E-state index < -0.39 is 10.2 Å². The maximum Gasteiger partial charge on any atom is 0.282 e. The molecule has 0 bridgehead atoms. The smallest absolute Gasteiger partial charge is 0.282 e. The summed E-state index contributed by atoms with van der Waals surface area (Å²) >= 11 is 0. The molecule has 8 heteroatoms. The molecule has 1 aliphatic heterocycles. The lowest BCUT2D eigenvalue weighted by molar-refractivity contribution is -0.121. The summed E-state index contributed by atoms with van der Waals surface area (Å²) in [6, 6.07) is 0. The molecule has 0 atom stereocenters. The molecule has 1 fully saturated rings. The van der Waals surface area contributed by atoms with E-state index in [0.29, 0.717) is 26.2 Å². The standard InChI is InChI=1S/C10H22N4O3S/c1-3-12-10(15)9-13(2)18(16,17)14-7-4-5-11-6-8-14/h11H,3-9H2,1-2H3,(H,12,15). The molecule has 1 heterocycles. The van der Waals surface area contributed by atoms with Crippen molar-refractivity contribution in [3.05, 3.63) is 0 Å². The third-order valence-electron chi connectivity index (χ3n) is 2.76. The van der Waals surface area contributed by atoms with Gasteiger partial charge in [-0.3, -0.25) is 4.79 Å². The average molecular weight is 278 g/mol. The Balaban J connectivity index is 2.63. The van der Waals surface area contributed by atoms with Crippen molar-refractivity contribution in [3.8, 4) is 0 Å². The van der Waals surface area contributed by atoms with Gasteiger partial charge in [-0.1, -0.05) is 0 Å². The molecule has 1 rings (SSSR count). The van der Waals surface area contributed by atoms with Crippen LogP contribution in [0, 0.1) is 0 Å². The molecule has 18 heavy (non-hydrogen) atoms. The first-order valence-electron chi connectivity index (χ1n) is 6.17. The van der Waals surface area contributed by atoms with Crippen LogP contribution in [0.25, 0.3) is 0 Å². The fraction of sp³-hybridized carbons (Fsp3) is 0.900. The van der Waals surface area contributed by atoms with E-state index in [1.807, 2.05) is 0 Å². The maximum atomic E-state index is 12.2. The number of hydrogen-bond acceptors (Lipinski definition) is 4. The molecule has 0 spiro atoms. The zero-order valence-electron chi connectivity index (χ0n) is 11.0. The molecule has 106 valence electrons. The molecule has 2 N–H and O–H groups in total. The monoisotopic (exact) mass is 278 g/mol. The lowest BCUT2D eigenvalue weighted by Crippen LogP contribution is -2.46. The fourth-order valence-electron chi connectivity index (χ4n) is 1.79. The minimum absolute atomic E-state index is 0.139. The summed E-state index contributed by atoms with van der Waals surface area (Å²) in [4.78, 5) is 11.4. The molecule has 1 saturated heterocycles. The van der Waals surface area contributed by atoms with E-state index in [4.69, 9.17) is 0 Å². The number of likely N-dealkylation sites (N-methyl/N-ethyl adjacent to an activating group) is 2. The molecule has 1 amide bonds. The van der Waals surface area contributed by atoms with Crippen LogP contribution < -0.4 is 10.6 Å². The SMILES string of the molecule is CCNC(=O)CN(C)S(=O)(=O)N1CCCNCC1. The van der Waals surface area contributed by atoms with E-state index in [9.17, 15) is 13.2 Å². The highest BCUT2D eigenvalue weighted by atomic mass is 32.2. The Morgan fingerprint density at radius 3 is 2.78 bits per heavy atom. The maximum absolute atomic E-state index is 12.2. The quantitative estimate of drug-likeness (QED) is 0.648. The highest BCUT2D eigenvalue weighted by Crippen LogP contribution is 2.08. The molecular formula is C10H22N4O3S. The topological polar surface area (TPSA) is 81.8 Å². The van der Waals surface area contributed by atoms with E-state index >= 15 is 0 Å². The van der Waals surface area contributed by atoms with Crippen molar-refractivity contribution in [1.82, 2.24) is 19.2 Å². The molecule has 0 aromatic carbocycles. The van der Waals surface area contributed by atoms with Crippen molar-refractivity contribution in [2.24, 2.45) is 0 Å². The highest BCUT2D eigenvalue weighted by Gasteiger charge is 2.28. The van der Waals surface area contributed by atoms with Gasteiger partial charge < -0.3 is 10.6 Å². The van der Waals surface area contributed by atoms with Crippen LogP contribution in [0.2, 0.25) is 0 Å². The van der Waals surface area contributed by atoms with Crippen LogP contribution in [-0.2, 0) is 15.0 Å². The van der Waals surface area contributed by atoms with E-state index in [2.05, 4.69) is 10.6 Å². The Hall–Kier alpha value is -0.700. The van der Waals surface area contributed by atoms with Gasteiger partial charge in [0.2, 0.25) is 5.91 Å². The molecule has 1 aliphatic rings. The number of amides is 1. The van der Waals surface area contributed by atoms with E-state index in [1.165, 1.54) is 11.4 Å². The number of rotatable bonds is 5. The van der Waals surface area contributed by atoms with E-state index in [0.717, 1.165) is 17.3 Å². The third-order valence-corrected chi connectivity index (χ3v) is 4.69. The zero-order chi connectivity index (χ0) is 13.6. The van der Waals surface area contributed by atoms with E-state index in [1.54, 1.807) is 6.92 Å². The van der Waals surface area contributed by atoms with Crippen molar-refractivity contribution >= 4 is 16.1 Å². The predicted molar refractivity (Wildman–Crippen MR) is 69.3 cm³/mol. The van der Waals surface area contributed by atoms with Crippen molar-refractivity contribution in [3.63, 3.8) is 0 Å². The van der Waals surface area contributed by atoms with Crippen molar-refractivity contribution in [2.75, 3.05) is 46.3 Å². The van der Waals surface area contributed by atoms with Gasteiger partial charge in [0.05, 0.1) is 6.54 Å². The van der Waals surface area contributed by atoms with Crippen LogP contribution >= 0.6 is 0 Å². The summed E-state index contributed by atoms with van der Waals surface area (Å²) in [6.07, 6.45) is 0.786. The Kier molecular flexibility index (Phi) is 6.00. The second-order valence-corrected chi connectivity index (χ2v) is 6.26. The first-order valence-corrected chi connectivity index (χ1v) is 7.57. The lowest BCUT2D eigenvalue weighted by Gasteiger charge is -2.25. The predicted octanol–water partition coefficient (Wildman–Crippen LogP) is -1.41. The highest BCUT2D eigenvalue weighted by molar-refractivity contribution is 7.86. The van der Waals surface area contributed by atoms with Gasteiger partial charge in [-0.25, -0.2) is 0 Å². The van der Waals surface area contributed by atoms with Gasteiger partial charge >= 0.3 is 0 Å². The molecule has 0 aliphatic carbocycles. The summed E-state index contributed by atoms with van der Waals surface area (Å²) in [7, 11) is -2.10. The van der Waals surface area contributed by atoms with Crippen LogP contribution in [0.4, 0.5) is 0 Å². The first kappa shape index (κ1) is 15.4. The summed E-state index contributed by atoms with van der Waals surface area (Å²) in [5.74, 6) is -0.281. The number of nitrogens with zero attached hydrogens (tertiary/aromatic N) is 2. The molecular weight excluding hydrogens is 256 g/mol. The van der Waals surface area contributed by atoms with Crippen molar-refractivity contribution < 1.29 is 13.2 Å². The van der Waals surface area contributed by atoms with Gasteiger partial charge in [-0.05, 0) is 19.9 Å². The Bertz CT molecular complexity index is 363. The van der Waals surface area contributed by atoms with Gasteiger partial charge in [0.15, 0.2) is 0 Å². The Labute approximate surface area is 109 Å². The number of nitrogens with one attached hydrogen (secondary N) is 2. The van der Waals surface area contributed by atoms with Gasteiger partial charge in [-0.15, -0.1) is 0 Å². The molecule has 0 aromatic heterocycles. The average Bonchev–Trinajstić information content (AvgIpc) is 2.57. The van der Waals surface area contributed by atoms with Crippen molar-refractivity contribution in [1.29, 1.82) is 0 Å². The largest absolute Gasteiger partial charge is 0.355 e. The molecule has 0 unspecified atom stereocenters. The second kappa shape index (κ2) is 7.03. The molecule has 7 nitrogen and oxygen atoms in total. The number of carbonyl (C=O) groups excluding carboxylic acids is 1. The molecule has 0 radical (unpaired) electrons. The van der Waals surface area contributed by atoms with Crippen LogP contribution in [0.3, 0.4) is 0 Å². The molecule has 0 aromatic rings. The first-order chi connectivity index (χ1) is 8.48. The van der Waals surface area contributed by atoms with Gasteiger partial charge in [0.1, 0.15) is 0 Å². The summed E-state index contributed by atoms with van der Waals surface area (Å²) in [5, 5.41) is 5.73. The molecule has 0 saturated carbocycles. The Morgan fingerprint density at radius 2 is 2.11 bits per heavy atom. The Morgan fingerprint density at radius 1 is 1.39 bits per heavy atom. The summed E-state index contributed by atoms with van der Waals surface area (Å²) < 4.78 is 27.0. The number of carbonyl (C=O) groups is 1. The zero-order valence-corrected chi connectivity index (χ0v) is 11.8. The summed E-state index contributed by atoms with van der Waals surface area (Å²) in [6.45, 7) is 4.57. The van der Waals surface area contributed by atoms with Crippen LogP contribution in [0.15, 0.2) is 0 Å². The lowest BCUT2D eigenvalue weighted by atomic mass is 10.4. The number of hydrogen-bond donors (Lipinski definition) is 2. The van der Waals surface area contributed by atoms with Crippen LogP contribution in [-0.4, -0.2) is 69.3 Å².